The van der Waals surface area contributed by atoms with Gasteiger partial charge in [-0.3, -0.25) is 0 Å². The molecule has 1 heterocycles. The molecule has 0 saturated heterocycles. The number of halogens is 3. The van der Waals surface area contributed by atoms with Crippen LogP contribution in [0, 0.1) is 13.8 Å². The minimum absolute atomic E-state index is 0.244. The van der Waals surface area contributed by atoms with Crippen LogP contribution in [0.2, 0.25) is 0 Å². The van der Waals surface area contributed by atoms with Gasteiger partial charge >= 0.3 is 6.18 Å². The molecule has 0 unspecified atom stereocenters. The Balaban J connectivity index is 1.86. The summed E-state index contributed by atoms with van der Waals surface area (Å²) in [7, 11) is 3.11. The van der Waals surface area contributed by atoms with E-state index in [1.54, 1.807) is 20.3 Å². The Kier molecular flexibility index (Phi) is 5.81. The molecule has 0 radical (unpaired) electrons. The molecule has 0 atom stereocenters. The van der Waals surface area contributed by atoms with Crippen LogP contribution in [0.1, 0.15) is 22.4 Å². The van der Waals surface area contributed by atoms with E-state index in [-0.39, 0.29) is 5.56 Å². The number of aromatic nitrogens is 2. The van der Waals surface area contributed by atoms with E-state index in [0.717, 1.165) is 22.5 Å². The smallest absolute Gasteiger partial charge is 0.416 e. The van der Waals surface area contributed by atoms with E-state index >= 15 is 0 Å². The summed E-state index contributed by atoms with van der Waals surface area (Å²) in [4.78, 5) is 0. The lowest BCUT2D eigenvalue weighted by Gasteiger charge is -2.15. The van der Waals surface area contributed by atoms with Crippen molar-refractivity contribution in [3.8, 4) is 11.5 Å². The van der Waals surface area contributed by atoms with Crippen LogP contribution in [0.15, 0.2) is 30.3 Å². The quantitative estimate of drug-likeness (QED) is 0.630. The first-order valence-electron chi connectivity index (χ1n) is 9.04. The average Bonchev–Trinajstić information content (AvgIpc) is 2.69. The molecule has 29 heavy (non-hydrogen) atoms. The zero-order valence-electron chi connectivity index (χ0n) is 16.6. The number of benzene rings is 2. The van der Waals surface area contributed by atoms with E-state index in [4.69, 9.17) is 9.47 Å². The van der Waals surface area contributed by atoms with Gasteiger partial charge in [-0.1, -0.05) is 12.1 Å². The lowest BCUT2D eigenvalue weighted by Crippen LogP contribution is -2.12. The topological polar surface area (TPSA) is 56.3 Å². The number of nitrogens with one attached hydrogen (secondary N) is 1. The Morgan fingerprint density at radius 2 is 1.62 bits per heavy atom. The number of ether oxygens (including phenoxy) is 2. The Bertz CT molecular complexity index is 1040. The van der Waals surface area contributed by atoms with Gasteiger partial charge in [-0.2, -0.15) is 18.3 Å². The van der Waals surface area contributed by atoms with Gasteiger partial charge in [0.25, 0.3) is 0 Å². The number of methoxy groups -OCH3 is 2. The van der Waals surface area contributed by atoms with Gasteiger partial charge in [0.15, 0.2) is 17.3 Å². The molecule has 8 heteroatoms. The van der Waals surface area contributed by atoms with Crippen molar-refractivity contribution in [3.05, 3.63) is 52.7 Å². The zero-order valence-corrected chi connectivity index (χ0v) is 16.6. The van der Waals surface area contributed by atoms with E-state index in [2.05, 4.69) is 15.5 Å². The van der Waals surface area contributed by atoms with E-state index in [1.807, 2.05) is 19.1 Å². The van der Waals surface area contributed by atoms with Gasteiger partial charge in [0.2, 0.25) is 0 Å². The van der Waals surface area contributed by atoms with Gasteiger partial charge in [-0.25, -0.2) is 0 Å². The first-order chi connectivity index (χ1) is 13.8. The van der Waals surface area contributed by atoms with E-state index < -0.39 is 11.7 Å². The van der Waals surface area contributed by atoms with Crippen molar-refractivity contribution < 1.29 is 22.6 Å². The van der Waals surface area contributed by atoms with E-state index in [9.17, 15) is 13.2 Å². The third-order valence-electron chi connectivity index (χ3n) is 4.91. The lowest BCUT2D eigenvalue weighted by molar-refractivity contribution is -0.138. The van der Waals surface area contributed by atoms with Gasteiger partial charge in [-0.15, -0.1) is 5.10 Å². The largest absolute Gasteiger partial charge is 0.493 e. The number of aryl methyl sites for hydroxylation is 1. The maximum absolute atomic E-state index is 13.1. The van der Waals surface area contributed by atoms with Crippen molar-refractivity contribution >= 4 is 16.6 Å². The minimum atomic E-state index is -4.36. The van der Waals surface area contributed by atoms with Crippen molar-refractivity contribution in [1.82, 2.24) is 10.2 Å². The summed E-state index contributed by atoms with van der Waals surface area (Å²) in [6.07, 6.45) is -3.94. The fraction of sp³-hybridized carbons (Fsp3) is 0.333. The van der Waals surface area contributed by atoms with Crippen molar-refractivity contribution in [2.24, 2.45) is 0 Å². The molecule has 0 spiro atoms. The van der Waals surface area contributed by atoms with Crippen LogP contribution in [0.3, 0.4) is 0 Å². The van der Waals surface area contributed by atoms with Gasteiger partial charge in [0.05, 0.1) is 25.5 Å². The highest BCUT2D eigenvalue weighted by Gasteiger charge is 2.32. The normalized spacial score (nSPS) is 11.6. The van der Waals surface area contributed by atoms with Crippen molar-refractivity contribution in [2.75, 3.05) is 26.1 Å². The maximum Gasteiger partial charge on any atom is 0.416 e. The molecule has 0 amide bonds. The Morgan fingerprint density at radius 1 is 0.966 bits per heavy atom. The third kappa shape index (κ3) is 4.21. The summed E-state index contributed by atoms with van der Waals surface area (Å²) in [5.41, 5.74) is 1.01. The number of nitrogens with zero attached hydrogens (tertiary/aromatic N) is 2. The molecular formula is C21H22F3N3O2. The molecule has 0 aliphatic carbocycles. The van der Waals surface area contributed by atoms with Gasteiger partial charge < -0.3 is 14.8 Å². The first-order valence-corrected chi connectivity index (χ1v) is 9.04. The highest BCUT2D eigenvalue weighted by Crippen LogP contribution is 2.36. The van der Waals surface area contributed by atoms with Crippen LogP contribution >= 0.6 is 0 Å². The van der Waals surface area contributed by atoms with Crippen molar-refractivity contribution in [1.29, 1.82) is 0 Å². The molecule has 154 valence electrons. The summed E-state index contributed by atoms with van der Waals surface area (Å²) in [5.74, 6) is 1.68. The zero-order chi connectivity index (χ0) is 21.2. The first kappa shape index (κ1) is 20.7. The fourth-order valence-corrected chi connectivity index (χ4v) is 3.31. The number of fused-ring (bicyclic) bond motifs is 1. The monoisotopic (exact) mass is 405 g/mol. The van der Waals surface area contributed by atoms with Crippen LogP contribution in [0.5, 0.6) is 11.5 Å². The van der Waals surface area contributed by atoms with Gasteiger partial charge in [0.1, 0.15) is 0 Å². The molecule has 0 saturated carbocycles. The Morgan fingerprint density at radius 3 is 2.24 bits per heavy atom. The number of anilines is 1. The molecule has 3 rings (SSSR count). The summed E-state index contributed by atoms with van der Waals surface area (Å²) in [6.45, 7) is 3.75. The molecule has 1 N–H and O–H groups in total. The SMILES string of the molecule is COc1cc2c(C)nnc(NCCc3cccc(C(F)(F)F)c3C)c2cc1OC. The van der Waals surface area contributed by atoms with Crippen LogP contribution < -0.4 is 14.8 Å². The molecule has 3 aromatic rings. The second kappa shape index (κ2) is 8.14. The summed E-state index contributed by atoms with van der Waals surface area (Å²) < 4.78 is 50.0. The Hall–Kier alpha value is -3.03. The summed E-state index contributed by atoms with van der Waals surface area (Å²) >= 11 is 0. The standard InChI is InChI=1S/C21H22F3N3O2/c1-12-14(6-5-7-17(12)21(22,23)24)8-9-25-20-16-11-19(29-4)18(28-3)10-15(16)13(2)26-27-20/h5-7,10-11H,8-9H2,1-4H3,(H,25,27). The van der Waals surface area contributed by atoms with Crippen LogP contribution in [0.25, 0.3) is 10.8 Å². The van der Waals surface area contributed by atoms with Gasteiger partial charge in [-0.05, 0) is 49.6 Å². The average molecular weight is 405 g/mol. The molecule has 0 aliphatic heterocycles. The van der Waals surface area contributed by atoms with Crippen LogP contribution in [0.4, 0.5) is 19.0 Å². The molecule has 0 bridgehead atoms. The molecule has 0 aliphatic rings. The molecule has 1 aromatic heterocycles. The maximum atomic E-state index is 13.1. The lowest BCUT2D eigenvalue weighted by atomic mass is 9.99. The van der Waals surface area contributed by atoms with E-state index in [1.165, 1.54) is 13.0 Å². The predicted octanol–water partition coefficient (Wildman–Crippen LogP) is 4.94. The van der Waals surface area contributed by atoms with Crippen LogP contribution in [-0.2, 0) is 12.6 Å². The van der Waals surface area contributed by atoms with Gasteiger partial charge in [0, 0.05) is 17.3 Å². The summed E-state index contributed by atoms with van der Waals surface area (Å²) in [6, 6.07) is 7.89. The second-order valence-electron chi connectivity index (χ2n) is 6.65. The van der Waals surface area contributed by atoms with Crippen molar-refractivity contribution in [3.63, 3.8) is 0 Å². The molecule has 2 aromatic carbocycles. The number of hydrogen-bond acceptors (Lipinski definition) is 5. The fourth-order valence-electron chi connectivity index (χ4n) is 3.31. The Labute approximate surface area is 166 Å². The molecule has 0 fully saturated rings. The second-order valence-corrected chi connectivity index (χ2v) is 6.65. The molecule has 5 nitrogen and oxygen atoms in total. The highest BCUT2D eigenvalue weighted by atomic mass is 19.4. The highest BCUT2D eigenvalue weighted by molar-refractivity contribution is 5.95. The van der Waals surface area contributed by atoms with Crippen molar-refractivity contribution in [2.45, 2.75) is 26.4 Å². The van der Waals surface area contributed by atoms with Crippen LogP contribution in [-0.4, -0.2) is 31.0 Å². The number of rotatable bonds is 6. The minimum Gasteiger partial charge on any atom is -0.493 e. The predicted molar refractivity (Wildman–Crippen MR) is 106 cm³/mol. The summed E-state index contributed by atoms with van der Waals surface area (Å²) in [5, 5.41) is 13.2. The third-order valence-corrected chi connectivity index (χ3v) is 4.91. The van der Waals surface area contributed by atoms with E-state index in [0.29, 0.717) is 35.8 Å². The molecular weight excluding hydrogens is 383 g/mol. The number of alkyl halides is 3. The number of hydrogen-bond donors (Lipinski definition) is 1.